The number of hydrogen-bond donors (Lipinski definition) is 1. The fourth-order valence-electron chi connectivity index (χ4n) is 5.33. The Morgan fingerprint density at radius 2 is 1.65 bits per heavy atom. The van der Waals surface area contributed by atoms with Gasteiger partial charge in [-0.3, -0.25) is 4.90 Å². The minimum absolute atomic E-state index is 0.0821. The third kappa shape index (κ3) is 4.68. The first-order valence-electron chi connectivity index (χ1n) is 12.5. The smallest absolute Gasteiger partial charge is 0.326 e. The van der Waals surface area contributed by atoms with Crippen molar-refractivity contribution >= 4 is 17.4 Å². The van der Waals surface area contributed by atoms with E-state index < -0.39 is 0 Å². The Morgan fingerprint density at radius 1 is 0.912 bits per heavy atom. The summed E-state index contributed by atoms with van der Waals surface area (Å²) in [6.45, 7) is 6.59. The molecule has 1 N–H and O–H groups in total. The lowest BCUT2D eigenvalue weighted by atomic mass is 9.84. The zero-order chi connectivity index (χ0) is 23.7. The molecule has 0 saturated heterocycles. The molecule has 0 aromatic heterocycles. The Kier molecular flexibility index (Phi) is 6.32. The van der Waals surface area contributed by atoms with Gasteiger partial charge in [-0.15, -0.1) is 0 Å². The quantitative estimate of drug-likeness (QED) is 0.438. The fourth-order valence-corrected chi connectivity index (χ4v) is 5.33. The van der Waals surface area contributed by atoms with Crippen LogP contribution >= 0.6 is 0 Å². The van der Waals surface area contributed by atoms with Crippen LogP contribution in [0.4, 0.5) is 16.2 Å². The third-order valence-corrected chi connectivity index (χ3v) is 7.21. The summed E-state index contributed by atoms with van der Waals surface area (Å²) in [7, 11) is 0. The van der Waals surface area contributed by atoms with Crippen molar-refractivity contribution in [3.63, 3.8) is 0 Å². The number of hydrogen-bond acceptors (Lipinski definition) is 2. The summed E-state index contributed by atoms with van der Waals surface area (Å²) in [5.41, 5.74) is 7.63. The lowest BCUT2D eigenvalue weighted by Crippen LogP contribution is -2.44. The maximum absolute atomic E-state index is 13.2. The van der Waals surface area contributed by atoms with Crippen molar-refractivity contribution in [2.24, 2.45) is 0 Å². The van der Waals surface area contributed by atoms with Crippen molar-refractivity contribution in [3.05, 3.63) is 77.4 Å². The summed E-state index contributed by atoms with van der Waals surface area (Å²) in [5, 5.41) is 3.08. The number of nitrogens with one attached hydrogen (secondary N) is 1. The van der Waals surface area contributed by atoms with Crippen LogP contribution in [-0.4, -0.2) is 18.7 Å². The Morgan fingerprint density at radius 3 is 2.38 bits per heavy atom. The molecule has 176 valence electrons. The van der Waals surface area contributed by atoms with Crippen molar-refractivity contribution < 1.29 is 9.53 Å². The van der Waals surface area contributed by atoms with Gasteiger partial charge in [0.1, 0.15) is 11.9 Å². The standard InChI is InChI=1S/C30H34N2O2/c1-20-9-15-27(21(2)17-20)31-30(33)32-19-22(3)34-29-18-26(14-16-28(29)32)25-12-10-24(11-13-25)23-7-5-4-6-8-23/h9-18,22-23H,4-8,19H2,1-3H3,(H,31,33). The highest BCUT2D eigenvalue weighted by atomic mass is 16.5. The Labute approximate surface area is 202 Å². The number of aryl methyl sites for hydroxylation is 2. The van der Waals surface area contributed by atoms with E-state index in [2.05, 4.69) is 54.7 Å². The average Bonchev–Trinajstić information content (AvgIpc) is 2.85. The highest BCUT2D eigenvalue weighted by molar-refractivity contribution is 6.03. The van der Waals surface area contributed by atoms with E-state index in [9.17, 15) is 4.79 Å². The van der Waals surface area contributed by atoms with E-state index in [1.165, 1.54) is 48.8 Å². The lowest BCUT2D eigenvalue weighted by molar-refractivity contribution is 0.209. The van der Waals surface area contributed by atoms with E-state index in [0.717, 1.165) is 28.3 Å². The second-order valence-corrected chi connectivity index (χ2v) is 9.93. The molecular weight excluding hydrogens is 420 g/mol. The first-order valence-corrected chi connectivity index (χ1v) is 12.5. The summed E-state index contributed by atoms with van der Waals surface area (Å²) in [5.74, 6) is 1.46. The number of anilines is 2. The summed E-state index contributed by atoms with van der Waals surface area (Å²) in [4.78, 5) is 15.0. The summed E-state index contributed by atoms with van der Waals surface area (Å²) in [6, 6.07) is 21.1. The molecule has 34 heavy (non-hydrogen) atoms. The molecule has 1 atom stereocenters. The topological polar surface area (TPSA) is 41.6 Å². The molecular formula is C30H34N2O2. The fraction of sp³-hybridized carbons (Fsp3) is 0.367. The van der Waals surface area contributed by atoms with Crippen molar-refractivity contribution in [2.45, 2.75) is 64.9 Å². The van der Waals surface area contributed by atoms with Crippen LogP contribution in [0.15, 0.2) is 60.7 Å². The Bertz CT molecular complexity index is 1180. The number of nitrogens with zero attached hydrogens (tertiary/aromatic N) is 1. The minimum atomic E-state index is -0.132. The number of rotatable bonds is 3. The summed E-state index contributed by atoms with van der Waals surface area (Å²) >= 11 is 0. The molecule has 1 aliphatic carbocycles. The van der Waals surface area contributed by atoms with Crippen LogP contribution in [0.25, 0.3) is 11.1 Å². The minimum Gasteiger partial charge on any atom is -0.487 e. The average molecular weight is 455 g/mol. The van der Waals surface area contributed by atoms with E-state index in [1.54, 1.807) is 4.90 Å². The highest BCUT2D eigenvalue weighted by Crippen LogP contribution is 2.38. The molecule has 2 amide bonds. The van der Waals surface area contributed by atoms with Crippen molar-refractivity contribution in [1.82, 2.24) is 0 Å². The van der Waals surface area contributed by atoms with Crippen LogP contribution in [0.2, 0.25) is 0 Å². The van der Waals surface area contributed by atoms with Gasteiger partial charge in [0.2, 0.25) is 0 Å². The van der Waals surface area contributed by atoms with Crippen LogP contribution in [0, 0.1) is 13.8 Å². The predicted molar refractivity (Wildman–Crippen MR) is 140 cm³/mol. The number of benzene rings is 3. The van der Waals surface area contributed by atoms with Crippen LogP contribution < -0.4 is 15.0 Å². The van der Waals surface area contributed by atoms with Gasteiger partial charge in [-0.1, -0.05) is 67.3 Å². The first kappa shape index (κ1) is 22.5. The highest BCUT2D eigenvalue weighted by Gasteiger charge is 2.28. The number of amides is 2. The van der Waals surface area contributed by atoms with Gasteiger partial charge in [0.25, 0.3) is 0 Å². The number of ether oxygens (including phenoxy) is 1. The molecule has 1 aliphatic heterocycles. The molecule has 0 bridgehead atoms. The number of carbonyl (C=O) groups excluding carboxylic acids is 1. The number of carbonyl (C=O) groups is 1. The molecule has 0 spiro atoms. The second-order valence-electron chi connectivity index (χ2n) is 9.93. The van der Waals surface area contributed by atoms with Crippen molar-refractivity contribution in [3.8, 4) is 16.9 Å². The van der Waals surface area contributed by atoms with Crippen LogP contribution in [0.5, 0.6) is 5.75 Å². The van der Waals surface area contributed by atoms with Gasteiger partial charge in [0.05, 0.1) is 12.2 Å². The van der Waals surface area contributed by atoms with E-state index >= 15 is 0 Å². The molecule has 3 aromatic rings. The molecule has 3 aromatic carbocycles. The van der Waals surface area contributed by atoms with Crippen LogP contribution in [0.3, 0.4) is 0 Å². The monoisotopic (exact) mass is 454 g/mol. The molecule has 1 fully saturated rings. The zero-order valence-corrected chi connectivity index (χ0v) is 20.4. The van der Waals surface area contributed by atoms with Crippen LogP contribution in [0.1, 0.15) is 61.6 Å². The van der Waals surface area contributed by atoms with Gasteiger partial charge >= 0.3 is 6.03 Å². The molecule has 4 nitrogen and oxygen atoms in total. The molecule has 1 unspecified atom stereocenters. The van der Waals surface area contributed by atoms with Gasteiger partial charge in [-0.05, 0) is 80.0 Å². The lowest BCUT2D eigenvalue weighted by Gasteiger charge is -2.34. The van der Waals surface area contributed by atoms with Gasteiger partial charge < -0.3 is 10.1 Å². The maximum Gasteiger partial charge on any atom is 0.326 e. The van der Waals surface area contributed by atoms with E-state index in [-0.39, 0.29) is 12.1 Å². The molecule has 2 aliphatic rings. The molecule has 0 radical (unpaired) electrons. The van der Waals surface area contributed by atoms with Crippen molar-refractivity contribution in [2.75, 3.05) is 16.8 Å². The maximum atomic E-state index is 13.2. The zero-order valence-electron chi connectivity index (χ0n) is 20.4. The number of urea groups is 1. The summed E-state index contributed by atoms with van der Waals surface area (Å²) < 4.78 is 6.16. The molecule has 4 heteroatoms. The molecule has 1 heterocycles. The SMILES string of the molecule is Cc1ccc(NC(=O)N2CC(C)Oc3cc(-c4ccc(C5CCCCC5)cc4)ccc32)c(C)c1. The van der Waals surface area contributed by atoms with Gasteiger partial charge in [-0.2, -0.15) is 0 Å². The van der Waals surface area contributed by atoms with Gasteiger partial charge in [0.15, 0.2) is 0 Å². The van der Waals surface area contributed by atoms with Gasteiger partial charge in [0, 0.05) is 5.69 Å². The van der Waals surface area contributed by atoms with E-state index in [4.69, 9.17) is 4.74 Å². The second kappa shape index (κ2) is 9.54. The first-order chi connectivity index (χ1) is 16.5. The molecule has 1 saturated carbocycles. The van der Waals surface area contributed by atoms with E-state index in [1.807, 2.05) is 32.0 Å². The van der Waals surface area contributed by atoms with Gasteiger partial charge in [-0.25, -0.2) is 4.79 Å². The number of fused-ring (bicyclic) bond motifs is 1. The third-order valence-electron chi connectivity index (χ3n) is 7.21. The predicted octanol–water partition coefficient (Wildman–Crippen LogP) is 7.84. The Balaban J connectivity index is 1.37. The Hall–Kier alpha value is -3.27. The normalized spacial score (nSPS) is 18.2. The summed E-state index contributed by atoms with van der Waals surface area (Å²) in [6.07, 6.45) is 6.61. The van der Waals surface area contributed by atoms with Crippen molar-refractivity contribution in [1.29, 1.82) is 0 Å². The van der Waals surface area contributed by atoms with E-state index in [0.29, 0.717) is 12.5 Å². The largest absolute Gasteiger partial charge is 0.487 e. The molecule has 5 rings (SSSR count). The van der Waals surface area contributed by atoms with Crippen LogP contribution in [-0.2, 0) is 0 Å².